The van der Waals surface area contributed by atoms with Crippen molar-refractivity contribution in [2.45, 2.75) is 43.5 Å². The number of hydrogen-bond acceptors (Lipinski definition) is 5. The molecule has 0 radical (unpaired) electrons. The Bertz CT molecular complexity index is 1090. The topological polar surface area (TPSA) is 84.5 Å². The van der Waals surface area contributed by atoms with Gasteiger partial charge in [0.2, 0.25) is 5.91 Å². The van der Waals surface area contributed by atoms with Crippen LogP contribution in [0.25, 0.3) is 0 Å². The second-order valence-electron chi connectivity index (χ2n) is 7.44. The SMILES string of the molecule is CC(C)Oc1ccc(C(C)NC(=O)Cc2ccc(NS(=O)(=O)c3cccs3)cc2)cc1. The van der Waals surface area contributed by atoms with Crippen LogP contribution in [0.3, 0.4) is 0 Å². The molecule has 2 aromatic carbocycles. The van der Waals surface area contributed by atoms with E-state index in [4.69, 9.17) is 4.74 Å². The molecule has 0 aliphatic rings. The molecule has 2 N–H and O–H groups in total. The Kier molecular flexibility index (Phi) is 7.35. The number of nitrogens with one attached hydrogen (secondary N) is 2. The fraction of sp³-hybridized carbons (Fsp3) is 0.261. The predicted molar refractivity (Wildman–Crippen MR) is 124 cm³/mol. The maximum atomic E-state index is 12.4. The van der Waals surface area contributed by atoms with E-state index in [1.165, 1.54) is 0 Å². The van der Waals surface area contributed by atoms with Crippen molar-refractivity contribution in [2.24, 2.45) is 0 Å². The Morgan fingerprint density at radius 1 is 1.00 bits per heavy atom. The van der Waals surface area contributed by atoms with Crippen LogP contribution in [0.2, 0.25) is 0 Å². The van der Waals surface area contributed by atoms with Crippen molar-refractivity contribution >= 4 is 33.0 Å². The van der Waals surface area contributed by atoms with Crippen LogP contribution in [0.15, 0.2) is 70.3 Å². The average Bonchev–Trinajstić information content (AvgIpc) is 3.25. The van der Waals surface area contributed by atoms with Crippen molar-refractivity contribution < 1.29 is 17.9 Å². The number of carbonyl (C=O) groups is 1. The van der Waals surface area contributed by atoms with E-state index in [0.717, 1.165) is 28.2 Å². The third-order valence-electron chi connectivity index (χ3n) is 4.46. The highest BCUT2D eigenvalue weighted by Crippen LogP contribution is 2.21. The zero-order valence-electron chi connectivity index (χ0n) is 17.7. The van der Waals surface area contributed by atoms with E-state index in [-0.39, 0.29) is 28.7 Å². The first-order chi connectivity index (χ1) is 14.7. The van der Waals surface area contributed by atoms with Crippen molar-refractivity contribution in [3.63, 3.8) is 0 Å². The second kappa shape index (κ2) is 9.98. The molecule has 0 saturated carbocycles. The number of anilines is 1. The van der Waals surface area contributed by atoms with Gasteiger partial charge in [-0.15, -0.1) is 11.3 Å². The standard InChI is InChI=1S/C23H26N2O4S2/c1-16(2)29-21-12-8-19(9-13-21)17(3)24-22(26)15-18-6-10-20(11-7-18)25-31(27,28)23-5-4-14-30-23/h4-14,16-17,25H,15H2,1-3H3,(H,24,26). The fourth-order valence-corrected chi connectivity index (χ4v) is 5.03. The van der Waals surface area contributed by atoms with Crippen LogP contribution in [-0.2, 0) is 21.2 Å². The first-order valence-electron chi connectivity index (χ1n) is 9.94. The van der Waals surface area contributed by atoms with Crippen molar-refractivity contribution in [1.82, 2.24) is 5.32 Å². The van der Waals surface area contributed by atoms with Crippen molar-refractivity contribution in [1.29, 1.82) is 0 Å². The number of rotatable bonds is 9. The molecule has 164 valence electrons. The molecule has 1 heterocycles. The summed E-state index contributed by atoms with van der Waals surface area (Å²) in [7, 11) is -3.58. The summed E-state index contributed by atoms with van der Waals surface area (Å²) in [5.74, 6) is 0.689. The molecule has 0 aliphatic carbocycles. The molecule has 0 aliphatic heterocycles. The second-order valence-corrected chi connectivity index (χ2v) is 10.3. The molecule has 1 amide bonds. The van der Waals surface area contributed by atoms with E-state index in [1.54, 1.807) is 41.8 Å². The Balaban J connectivity index is 1.54. The maximum Gasteiger partial charge on any atom is 0.271 e. The summed E-state index contributed by atoms with van der Waals surface area (Å²) in [4.78, 5) is 12.4. The van der Waals surface area contributed by atoms with Crippen LogP contribution < -0.4 is 14.8 Å². The highest BCUT2D eigenvalue weighted by atomic mass is 32.2. The highest BCUT2D eigenvalue weighted by molar-refractivity contribution is 7.94. The normalized spacial score (nSPS) is 12.4. The number of ether oxygens (including phenoxy) is 1. The molecule has 6 nitrogen and oxygen atoms in total. The third kappa shape index (κ3) is 6.57. The first kappa shape index (κ1) is 22.8. The molecule has 1 aromatic heterocycles. The van der Waals surface area contributed by atoms with Crippen molar-refractivity contribution in [3.05, 3.63) is 77.2 Å². The van der Waals surface area contributed by atoms with Gasteiger partial charge in [-0.25, -0.2) is 8.42 Å². The third-order valence-corrected chi connectivity index (χ3v) is 7.24. The summed E-state index contributed by atoms with van der Waals surface area (Å²) in [5, 5.41) is 4.70. The smallest absolute Gasteiger partial charge is 0.271 e. The van der Waals surface area contributed by atoms with E-state index in [9.17, 15) is 13.2 Å². The van der Waals surface area contributed by atoms with E-state index < -0.39 is 10.0 Å². The van der Waals surface area contributed by atoms with Crippen molar-refractivity contribution in [2.75, 3.05) is 4.72 Å². The van der Waals surface area contributed by atoms with E-state index in [2.05, 4.69) is 10.0 Å². The molecule has 3 rings (SSSR count). The molecule has 0 saturated heterocycles. The number of thiophene rings is 1. The summed E-state index contributed by atoms with van der Waals surface area (Å²) in [5.41, 5.74) is 2.24. The summed E-state index contributed by atoms with van der Waals surface area (Å²) < 4.78 is 33.0. The predicted octanol–water partition coefficient (Wildman–Crippen LogP) is 4.76. The van der Waals surface area contributed by atoms with Gasteiger partial charge in [0.15, 0.2) is 0 Å². The van der Waals surface area contributed by atoms with E-state index in [0.29, 0.717) is 5.69 Å². The molecular weight excluding hydrogens is 432 g/mol. The van der Waals surface area contributed by atoms with Gasteiger partial charge in [-0.1, -0.05) is 30.3 Å². The van der Waals surface area contributed by atoms with Gasteiger partial charge in [0, 0.05) is 5.69 Å². The largest absolute Gasteiger partial charge is 0.491 e. The first-order valence-corrected chi connectivity index (χ1v) is 12.3. The van der Waals surface area contributed by atoms with Gasteiger partial charge in [0.05, 0.1) is 18.6 Å². The summed E-state index contributed by atoms with van der Waals surface area (Å²) >= 11 is 1.16. The van der Waals surface area contributed by atoms with Gasteiger partial charge in [0.1, 0.15) is 9.96 Å². The van der Waals surface area contributed by atoms with Gasteiger partial charge >= 0.3 is 0 Å². The van der Waals surface area contributed by atoms with Crippen molar-refractivity contribution in [3.8, 4) is 5.75 Å². The molecule has 31 heavy (non-hydrogen) atoms. The lowest BCUT2D eigenvalue weighted by atomic mass is 10.1. The van der Waals surface area contributed by atoms with Crippen LogP contribution in [-0.4, -0.2) is 20.4 Å². The van der Waals surface area contributed by atoms with Crippen LogP contribution in [0.4, 0.5) is 5.69 Å². The number of sulfonamides is 1. The highest BCUT2D eigenvalue weighted by Gasteiger charge is 2.15. The van der Waals surface area contributed by atoms with E-state index >= 15 is 0 Å². The van der Waals surface area contributed by atoms with Gasteiger partial charge in [-0.2, -0.15) is 0 Å². The minimum Gasteiger partial charge on any atom is -0.491 e. The fourth-order valence-electron chi connectivity index (χ4n) is 2.98. The summed E-state index contributed by atoms with van der Waals surface area (Å²) in [6.45, 7) is 5.88. The quantitative estimate of drug-likeness (QED) is 0.484. The zero-order chi connectivity index (χ0) is 22.4. The maximum absolute atomic E-state index is 12.4. The molecule has 1 atom stereocenters. The number of hydrogen-bond donors (Lipinski definition) is 2. The Morgan fingerprint density at radius 3 is 2.26 bits per heavy atom. The lowest BCUT2D eigenvalue weighted by molar-refractivity contribution is -0.121. The van der Waals surface area contributed by atoms with Gasteiger partial charge in [0.25, 0.3) is 10.0 Å². The Labute approximate surface area is 187 Å². The van der Waals surface area contributed by atoms with Gasteiger partial charge in [-0.3, -0.25) is 9.52 Å². The monoisotopic (exact) mass is 458 g/mol. The zero-order valence-corrected chi connectivity index (χ0v) is 19.3. The molecule has 0 fully saturated rings. The van der Waals surface area contributed by atoms with Crippen LogP contribution in [0, 0.1) is 0 Å². The Morgan fingerprint density at radius 2 is 1.68 bits per heavy atom. The average molecular weight is 459 g/mol. The molecule has 1 unspecified atom stereocenters. The Hall–Kier alpha value is -2.84. The van der Waals surface area contributed by atoms with E-state index in [1.807, 2.05) is 45.0 Å². The molecule has 3 aromatic rings. The summed E-state index contributed by atoms with van der Waals surface area (Å²) in [6, 6.07) is 17.6. The molecular formula is C23H26N2O4S2. The van der Waals surface area contributed by atoms with Crippen LogP contribution in [0.1, 0.15) is 37.9 Å². The minimum atomic E-state index is -3.58. The number of amides is 1. The number of benzene rings is 2. The molecule has 0 spiro atoms. The molecule has 0 bridgehead atoms. The van der Waals surface area contributed by atoms with Gasteiger partial charge < -0.3 is 10.1 Å². The molecule has 8 heteroatoms. The minimum absolute atomic E-state index is 0.109. The van der Waals surface area contributed by atoms with Crippen LogP contribution >= 0.6 is 11.3 Å². The lowest BCUT2D eigenvalue weighted by Crippen LogP contribution is -2.28. The number of carbonyl (C=O) groups excluding carboxylic acids is 1. The van der Waals surface area contributed by atoms with Gasteiger partial charge in [-0.05, 0) is 67.6 Å². The summed E-state index contributed by atoms with van der Waals surface area (Å²) in [6.07, 6.45) is 0.317. The van der Waals surface area contributed by atoms with Crippen LogP contribution in [0.5, 0.6) is 5.75 Å². The lowest BCUT2D eigenvalue weighted by Gasteiger charge is -2.16.